The van der Waals surface area contributed by atoms with Gasteiger partial charge < -0.3 is 16.4 Å². The van der Waals surface area contributed by atoms with Crippen LogP contribution in [0, 0.1) is 17.8 Å². The quantitative estimate of drug-likeness (QED) is 0.406. The van der Waals surface area contributed by atoms with E-state index >= 15 is 0 Å². The van der Waals surface area contributed by atoms with Crippen molar-refractivity contribution in [3.63, 3.8) is 0 Å². The Morgan fingerprint density at radius 2 is 1.57 bits per heavy atom. The van der Waals surface area contributed by atoms with Gasteiger partial charge in [-0.2, -0.15) is 0 Å². The Hall–Kier alpha value is -1.70. The minimum absolute atomic E-state index is 0.0978. The Morgan fingerprint density at radius 3 is 2.16 bits per heavy atom. The number of benzene rings is 1. The summed E-state index contributed by atoms with van der Waals surface area (Å²) in [6.45, 7) is 0. The van der Waals surface area contributed by atoms with Gasteiger partial charge in [-0.15, -0.1) is 0 Å². The Bertz CT molecular complexity index is 1120. The van der Waals surface area contributed by atoms with Crippen LogP contribution in [0.4, 0.5) is 5.69 Å². The van der Waals surface area contributed by atoms with Crippen LogP contribution in [0.2, 0.25) is 10.0 Å². The van der Waals surface area contributed by atoms with E-state index < -0.39 is 11.2 Å². The van der Waals surface area contributed by atoms with Gasteiger partial charge in [0.1, 0.15) is 10.3 Å². The smallest absolute Gasteiger partial charge is 0.260 e. The van der Waals surface area contributed by atoms with E-state index in [-0.39, 0.29) is 28.8 Å². The molecule has 0 saturated heterocycles. The molecule has 0 radical (unpaired) electrons. The lowest BCUT2D eigenvalue weighted by Gasteiger charge is -2.57. The van der Waals surface area contributed by atoms with E-state index in [4.69, 9.17) is 33.9 Å². The zero-order valence-electron chi connectivity index (χ0n) is 20.9. The summed E-state index contributed by atoms with van der Waals surface area (Å²) < 4.78 is 0. The van der Waals surface area contributed by atoms with Gasteiger partial charge in [0.25, 0.3) is 5.91 Å². The second-order valence-electron chi connectivity index (χ2n) is 11.8. The largest absolute Gasteiger partial charge is 0.400 e. The Morgan fingerprint density at radius 1 is 0.973 bits per heavy atom. The molecule has 5 aliphatic carbocycles. The van der Waals surface area contributed by atoms with Crippen molar-refractivity contribution in [3.8, 4) is 0 Å². The molecule has 1 atom stereocenters. The van der Waals surface area contributed by atoms with Crippen molar-refractivity contribution in [2.24, 2.45) is 28.5 Å². The van der Waals surface area contributed by atoms with Crippen LogP contribution in [-0.2, 0) is 9.59 Å². The summed E-state index contributed by atoms with van der Waals surface area (Å²) in [5, 5.41) is 6.85. The number of carbonyl (C=O) groups is 2. The number of aliphatic imine (C=N–C) groups is 1. The molecule has 4 N–H and O–H groups in total. The first-order chi connectivity index (χ1) is 17.8. The minimum atomic E-state index is -0.669. The van der Waals surface area contributed by atoms with Gasteiger partial charge in [-0.05, 0) is 81.3 Å². The lowest BCUT2D eigenvalue weighted by Crippen LogP contribution is -2.61. The predicted molar refractivity (Wildman–Crippen MR) is 151 cm³/mol. The van der Waals surface area contributed by atoms with Crippen molar-refractivity contribution in [1.29, 1.82) is 0 Å². The van der Waals surface area contributed by atoms with E-state index in [9.17, 15) is 9.59 Å². The third-order valence-corrected chi connectivity index (χ3v) is 10.8. The van der Waals surface area contributed by atoms with E-state index in [1.165, 1.54) is 37.4 Å². The molecule has 0 aromatic heterocycles. The van der Waals surface area contributed by atoms with Crippen LogP contribution in [0.3, 0.4) is 0 Å². The summed E-state index contributed by atoms with van der Waals surface area (Å²) in [5.74, 6) is 1.64. The van der Waals surface area contributed by atoms with E-state index in [2.05, 4.69) is 10.6 Å². The molecule has 1 aromatic rings. The van der Waals surface area contributed by atoms with Gasteiger partial charge in [0.2, 0.25) is 5.91 Å². The number of rotatable bonds is 5. The SMILES string of the molecule is NC1=C(C(=O)Nc2c(Cl)cccc2Cl)C(=NC2CCCCC2)SC1C(=O)NC12CC3CC(CC(C3)C1)C2. The number of nitrogens with zero attached hydrogens (tertiary/aromatic N) is 1. The zero-order chi connectivity index (χ0) is 25.7. The highest BCUT2D eigenvalue weighted by Crippen LogP contribution is 2.55. The standard InChI is InChI=1S/C28H34Cl2N4O2S/c29-19-7-4-8-20(30)23(19)33-25(35)21-22(31)24(37-27(21)32-18-5-2-1-3-6-18)26(36)34-28-12-15-9-16(13-28)11-17(10-15)14-28/h4,7-8,15-18,24H,1-3,5-6,9-14,31H2,(H,33,35)(H,34,36). The topological polar surface area (TPSA) is 96.6 Å². The van der Waals surface area contributed by atoms with Crippen molar-refractivity contribution in [1.82, 2.24) is 5.32 Å². The summed E-state index contributed by atoms with van der Waals surface area (Å²) in [6.07, 6.45) is 12.5. The van der Waals surface area contributed by atoms with Gasteiger partial charge >= 0.3 is 0 Å². The summed E-state index contributed by atoms with van der Waals surface area (Å²) >= 11 is 13.9. The zero-order valence-corrected chi connectivity index (χ0v) is 23.2. The minimum Gasteiger partial charge on any atom is -0.400 e. The van der Waals surface area contributed by atoms with Crippen LogP contribution in [-0.4, -0.2) is 33.7 Å². The van der Waals surface area contributed by atoms with Gasteiger partial charge in [-0.25, -0.2) is 0 Å². The fourth-order valence-corrected chi connectivity index (χ4v) is 9.43. The van der Waals surface area contributed by atoms with Crippen LogP contribution >= 0.6 is 35.0 Å². The molecule has 9 heteroatoms. The van der Waals surface area contributed by atoms with Gasteiger partial charge in [0, 0.05) is 11.2 Å². The van der Waals surface area contributed by atoms with Crippen LogP contribution in [0.1, 0.15) is 70.6 Å². The van der Waals surface area contributed by atoms with Crippen molar-refractivity contribution in [2.45, 2.75) is 87.5 Å². The van der Waals surface area contributed by atoms with Crippen molar-refractivity contribution >= 4 is 57.5 Å². The number of thioether (sulfide) groups is 1. The Kier molecular flexibility index (Phi) is 7.00. The molecule has 6 nitrogen and oxygen atoms in total. The second-order valence-corrected chi connectivity index (χ2v) is 13.7. The molecule has 1 unspecified atom stereocenters. The van der Waals surface area contributed by atoms with Crippen molar-refractivity contribution in [3.05, 3.63) is 39.5 Å². The number of nitrogens with two attached hydrogens (primary N) is 1. The first kappa shape index (κ1) is 25.6. The molecule has 6 aliphatic rings. The number of hydrogen-bond acceptors (Lipinski definition) is 5. The molecule has 7 rings (SSSR count). The molecule has 1 aromatic carbocycles. The monoisotopic (exact) mass is 560 g/mol. The van der Waals surface area contributed by atoms with Crippen molar-refractivity contribution in [2.75, 3.05) is 5.32 Å². The average molecular weight is 562 g/mol. The number of nitrogens with one attached hydrogen (secondary N) is 2. The van der Waals surface area contributed by atoms with Gasteiger partial charge in [-0.1, -0.05) is 60.3 Å². The molecule has 2 amide bonds. The summed E-state index contributed by atoms with van der Waals surface area (Å²) in [7, 11) is 0. The average Bonchev–Trinajstić information content (AvgIpc) is 3.16. The van der Waals surface area contributed by atoms with Crippen LogP contribution in [0.5, 0.6) is 0 Å². The maximum Gasteiger partial charge on any atom is 0.260 e. The van der Waals surface area contributed by atoms with E-state index in [0.29, 0.717) is 20.8 Å². The van der Waals surface area contributed by atoms with Crippen molar-refractivity contribution < 1.29 is 9.59 Å². The van der Waals surface area contributed by atoms with Gasteiger partial charge in [0.05, 0.1) is 27.3 Å². The molecule has 5 saturated carbocycles. The predicted octanol–water partition coefficient (Wildman–Crippen LogP) is 6.08. The molecular formula is C28H34Cl2N4O2S. The number of para-hydroxylation sites is 1. The number of hydrogen-bond donors (Lipinski definition) is 3. The molecule has 4 bridgehead atoms. The fraction of sp³-hybridized carbons (Fsp3) is 0.607. The Balaban J connectivity index is 1.27. The van der Waals surface area contributed by atoms with E-state index in [1.54, 1.807) is 18.2 Å². The summed E-state index contributed by atoms with van der Waals surface area (Å²) in [4.78, 5) is 32.3. The molecule has 198 valence electrons. The van der Waals surface area contributed by atoms with Crippen LogP contribution in [0.25, 0.3) is 0 Å². The molecule has 1 heterocycles. The second kappa shape index (κ2) is 10.1. The summed E-state index contributed by atoms with van der Waals surface area (Å²) in [5.41, 5.74) is 7.36. The molecule has 1 aliphatic heterocycles. The number of halogens is 2. The highest BCUT2D eigenvalue weighted by Gasteiger charge is 2.52. The lowest BCUT2D eigenvalue weighted by molar-refractivity contribution is -0.125. The number of carbonyl (C=O) groups excluding carboxylic acids is 2. The highest BCUT2D eigenvalue weighted by atomic mass is 35.5. The summed E-state index contributed by atoms with van der Waals surface area (Å²) in [6, 6.07) is 5.20. The van der Waals surface area contributed by atoms with Crippen LogP contribution < -0.4 is 16.4 Å². The molecule has 5 fully saturated rings. The maximum absolute atomic E-state index is 13.7. The number of amides is 2. The fourth-order valence-electron chi connectivity index (χ4n) is 7.77. The van der Waals surface area contributed by atoms with E-state index in [1.807, 2.05) is 0 Å². The van der Waals surface area contributed by atoms with Gasteiger partial charge in [0.15, 0.2) is 0 Å². The van der Waals surface area contributed by atoms with Crippen LogP contribution in [0.15, 0.2) is 34.5 Å². The highest BCUT2D eigenvalue weighted by molar-refractivity contribution is 8.16. The third-order valence-electron chi connectivity index (χ3n) is 8.98. The lowest BCUT2D eigenvalue weighted by atomic mass is 9.53. The molecule has 0 spiro atoms. The third kappa shape index (κ3) is 5.04. The maximum atomic E-state index is 13.7. The van der Waals surface area contributed by atoms with Gasteiger partial charge in [-0.3, -0.25) is 14.6 Å². The number of anilines is 1. The first-order valence-electron chi connectivity index (χ1n) is 13.6. The molecular weight excluding hydrogens is 527 g/mol. The Labute approximate surface area is 232 Å². The normalized spacial score (nSPS) is 34.3. The first-order valence-corrected chi connectivity index (χ1v) is 15.3. The van der Waals surface area contributed by atoms with E-state index in [0.717, 1.165) is 62.7 Å². The molecule has 37 heavy (non-hydrogen) atoms.